The van der Waals surface area contributed by atoms with Crippen LogP contribution in [-0.2, 0) is 0 Å². The molecule has 0 bridgehead atoms. The fourth-order valence-electron chi connectivity index (χ4n) is 3.50. The van der Waals surface area contributed by atoms with E-state index in [0.717, 1.165) is 12.5 Å². The number of hydrogen-bond donors (Lipinski definition) is 1. The average molecular weight is 280 g/mol. The van der Waals surface area contributed by atoms with E-state index in [2.05, 4.69) is 12.2 Å². The smallest absolute Gasteiger partial charge is 0.156 e. The van der Waals surface area contributed by atoms with E-state index < -0.39 is 0 Å². The third-order valence-electron chi connectivity index (χ3n) is 5.12. The predicted octanol–water partition coefficient (Wildman–Crippen LogP) is 4.21. The summed E-state index contributed by atoms with van der Waals surface area (Å²) >= 11 is 2.00. The molecule has 19 heavy (non-hydrogen) atoms. The van der Waals surface area contributed by atoms with Gasteiger partial charge in [0.15, 0.2) is 5.17 Å². The fraction of sp³-hybridized carbons (Fsp3) is 0.938. The zero-order valence-electron chi connectivity index (χ0n) is 12.3. The van der Waals surface area contributed by atoms with E-state index in [1.54, 1.807) is 0 Å². The normalized spacial score (nSPS) is 27.9. The van der Waals surface area contributed by atoms with Crippen LogP contribution in [0.3, 0.4) is 0 Å². The summed E-state index contributed by atoms with van der Waals surface area (Å²) in [7, 11) is 0. The Kier molecular flexibility index (Phi) is 4.40. The summed E-state index contributed by atoms with van der Waals surface area (Å²) in [6, 6.07) is 0.666. The van der Waals surface area contributed by atoms with E-state index in [0.29, 0.717) is 11.5 Å². The van der Waals surface area contributed by atoms with Gasteiger partial charge < -0.3 is 5.32 Å². The molecule has 0 amide bonds. The Balaban J connectivity index is 1.51. The first-order valence-corrected chi connectivity index (χ1v) is 9.22. The van der Waals surface area contributed by atoms with Gasteiger partial charge in [0.1, 0.15) is 0 Å². The van der Waals surface area contributed by atoms with Crippen LogP contribution < -0.4 is 5.32 Å². The zero-order chi connectivity index (χ0) is 13.1. The molecule has 2 fully saturated rings. The van der Waals surface area contributed by atoms with E-state index >= 15 is 0 Å². The molecule has 1 heterocycles. The molecule has 2 nitrogen and oxygen atoms in total. The molecule has 3 aliphatic rings. The van der Waals surface area contributed by atoms with Crippen molar-refractivity contribution in [3.63, 3.8) is 0 Å². The lowest BCUT2D eigenvalue weighted by Gasteiger charge is -2.38. The molecule has 3 rings (SSSR count). The number of thioether (sulfide) groups is 1. The Morgan fingerprint density at radius 2 is 2.11 bits per heavy atom. The van der Waals surface area contributed by atoms with Gasteiger partial charge in [-0.1, -0.05) is 50.8 Å². The minimum atomic E-state index is 0.562. The molecule has 0 aromatic carbocycles. The third kappa shape index (κ3) is 3.68. The van der Waals surface area contributed by atoms with Crippen molar-refractivity contribution < 1.29 is 0 Å². The van der Waals surface area contributed by atoms with Crippen molar-refractivity contribution in [1.29, 1.82) is 0 Å². The molecule has 1 spiro atoms. The van der Waals surface area contributed by atoms with Crippen LogP contribution in [0.1, 0.15) is 64.7 Å². The van der Waals surface area contributed by atoms with Crippen molar-refractivity contribution in [3.8, 4) is 0 Å². The first-order chi connectivity index (χ1) is 9.30. The number of nitrogens with zero attached hydrogens (tertiary/aromatic N) is 1. The number of aliphatic imine (C=N–C) groups is 1. The topological polar surface area (TPSA) is 24.4 Å². The minimum absolute atomic E-state index is 0.562. The van der Waals surface area contributed by atoms with Crippen LogP contribution in [0.25, 0.3) is 0 Å². The molecule has 0 radical (unpaired) electrons. The molecule has 1 N–H and O–H groups in total. The Morgan fingerprint density at radius 1 is 1.32 bits per heavy atom. The number of nitrogens with one attached hydrogen (secondary N) is 1. The Bertz CT molecular complexity index is 330. The quantitative estimate of drug-likeness (QED) is 0.834. The predicted molar refractivity (Wildman–Crippen MR) is 84.8 cm³/mol. The summed E-state index contributed by atoms with van der Waals surface area (Å²) in [6.07, 6.45) is 12.6. The molecule has 0 aromatic rings. The summed E-state index contributed by atoms with van der Waals surface area (Å²) in [5.74, 6) is 2.31. The number of hydrogen-bond acceptors (Lipinski definition) is 3. The molecule has 0 aromatic heterocycles. The van der Waals surface area contributed by atoms with Gasteiger partial charge in [0.05, 0.1) is 0 Å². The maximum absolute atomic E-state index is 4.89. The molecule has 108 valence electrons. The molecule has 2 aliphatic carbocycles. The van der Waals surface area contributed by atoms with Gasteiger partial charge >= 0.3 is 0 Å². The summed E-state index contributed by atoms with van der Waals surface area (Å²) in [5.41, 5.74) is 0.562. The number of rotatable bonds is 4. The van der Waals surface area contributed by atoms with Gasteiger partial charge in [0.2, 0.25) is 0 Å². The van der Waals surface area contributed by atoms with Crippen molar-refractivity contribution in [2.24, 2.45) is 16.3 Å². The van der Waals surface area contributed by atoms with Crippen molar-refractivity contribution in [2.45, 2.75) is 70.8 Å². The molecular weight excluding hydrogens is 252 g/mol. The highest BCUT2D eigenvalue weighted by Crippen LogP contribution is 2.42. The lowest BCUT2D eigenvalue weighted by atomic mass is 9.75. The maximum atomic E-state index is 4.89. The first-order valence-electron chi connectivity index (χ1n) is 8.23. The van der Waals surface area contributed by atoms with Crippen molar-refractivity contribution in [3.05, 3.63) is 0 Å². The van der Waals surface area contributed by atoms with Crippen LogP contribution in [0.5, 0.6) is 0 Å². The molecule has 3 heteroatoms. The van der Waals surface area contributed by atoms with Crippen molar-refractivity contribution in [1.82, 2.24) is 5.32 Å². The van der Waals surface area contributed by atoms with E-state index in [9.17, 15) is 0 Å². The van der Waals surface area contributed by atoms with Gasteiger partial charge in [0, 0.05) is 18.3 Å². The summed E-state index contributed by atoms with van der Waals surface area (Å²) in [5, 5.41) is 4.95. The Morgan fingerprint density at radius 3 is 2.68 bits per heavy atom. The van der Waals surface area contributed by atoms with Gasteiger partial charge in [-0.05, 0) is 37.0 Å². The minimum Gasteiger partial charge on any atom is -0.362 e. The van der Waals surface area contributed by atoms with E-state index in [1.165, 1.54) is 68.7 Å². The highest BCUT2D eigenvalue weighted by molar-refractivity contribution is 8.13. The van der Waals surface area contributed by atoms with Gasteiger partial charge in [-0.3, -0.25) is 4.99 Å². The third-order valence-corrected chi connectivity index (χ3v) is 6.40. The van der Waals surface area contributed by atoms with E-state index in [-0.39, 0.29) is 0 Å². The Labute approximate surface area is 122 Å². The summed E-state index contributed by atoms with van der Waals surface area (Å²) in [6.45, 7) is 3.39. The second kappa shape index (κ2) is 6.07. The Hall–Kier alpha value is -0.180. The van der Waals surface area contributed by atoms with Crippen LogP contribution in [0.15, 0.2) is 4.99 Å². The zero-order valence-corrected chi connectivity index (χ0v) is 13.1. The molecule has 1 aliphatic heterocycles. The molecule has 1 atom stereocenters. The second-order valence-electron chi connectivity index (χ2n) is 6.90. The van der Waals surface area contributed by atoms with Crippen molar-refractivity contribution >= 4 is 16.9 Å². The van der Waals surface area contributed by atoms with Crippen LogP contribution >= 0.6 is 11.8 Å². The standard InChI is InChI=1S/C16H28N2S/c1-2-14(10-13-6-7-13)18-15-17-11-16(12-19-15)8-4-3-5-9-16/h13-14H,2-12H2,1H3,(H,17,18). The van der Waals surface area contributed by atoms with Gasteiger partial charge in [0.25, 0.3) is 0 Å². The molecular formula is C16H28N2S. The highest BCUT2D eigenvalue weighted by Gasteiger charge is 2.35. The lowest BCUT2D eigenvalue weighted by molar-refractivity contribution is 0.232. The second-order valence-corrected chi connectivity index (χ2v) is 7.86. The van der Waals surface area contributed by atoms with Gasteiger partial charge in [-0.15, -0.1) is 0 Å². The maximum Gasteiger partial charge on any atom is 0.156 e. The fourth-order valence-corrected chi connectivity index (χ4v) is 4.73. The van der Waals surface area contributed by atoms with Gasteiger partial charge in [-0.25, -0.2) is 0 Å². The highest BCUT2D eigenvalue weighted by atomic mass is 32.2. The molecule has 2 saturated carbocycles. The SMILES string of the molecule is CCC(CC1CC1)NC1=NCC2(CCCCC2)CS1. The number of amidine groups is 1. The van der Waals surface area contributed by atoms with Crippen molar-refractivity contribution in [2.75, 3.05) is 12.3 Å². The lowest BCUT2D eigenvalue weighted by Crippen LogP contribution is -2.40. The molecule has 0 saturated heterocycles. The van der Waals surface area contributed by atoms with Crippen LogP contribution in [0, 0.1) is 11.3 Å². The average Bonchev–Trinajstić information content (AvgIpc) is 3.26. The van der Waals surface area contributed by atoms with E-state index in [4.69, 9.17) is 4.99 Å². The largest absolute Gasteiger partial charge is 0.362 e. The van der Waals surface area contributed by atoms with Crippen LogP contribution in [-0.4, -0.2) is 23.5 Å². The van der Waals surface area contributed by atoms with Crippen LogP contribution in [0.4, 0.5) is 0 Å². The first kappa shape index (κ1) is 13.8. The summed E-state index contributed by atoms with van der Waals surface area (Å²) in [4.78, 5) is 4.89. The molecule has 1 unspecified atom stereocenters. The summed E-state index contributed by atoms with van der Waals surface area (Å²) < 4.78 is 0. The van der Waals surface area contributed by atoms with Crippen LogP contribution in [0.2, 0.25) is 0 Å². The van der Waals surface area contributed by atoms with Gasteiger partial charge in [-0.2, -0.15) is 0 Å². The monoisotopic (exact) mass is 280 g/mol. The van der Waals surface area contributed by atoms with E-state index in [1.807, 2.05) is 11.8 Å².